The first-order chi connectivity index (χ1) is 11.5. The van der Waals surface area contributed by atoms with Gasteiger partial charge in [0.15, 0.2) is 6.61 Å². The Bertz CT molecular complexity index is 794. The van der Waals surface area contributed by atoms with Gasteiger partial charge in [0.2, 0.25) is 0 Å². The van der Waals surface area contributed by atoms with Gasteiger partial charge in [-0.1, -0.05) is 29.8 Å². The summed E-state index contributed by atoms with van der Waals surface area (Å²) in [5.41, 5.74) is 1.85. The number of carbonyl (C=O) groups is 1. The standard InChI is InChI=1S/C15H12ClN3O5/c16-11-2-1-3-13(7-11)24-9-15(21)18-17-8-10-6-12(20)4-5-14(10)19(22)23/h1-8,20H,9H2,(H,18,21)/p-1/b17-8-. The number of nitrogens with zero attached hydrogens (tertiary/aromatic N) is 2. The zero-order valence-electron chi connectivity index (χ0n) is 12.1. The number of ether oxygens (including phenoxy) is 1. The second-order valence-electron chi connectivity index (χ2n) is 4.52. The van der Waals surface area contributed by atoms with E-state index >= 15 is 0 Å². The topological polar surface area (TPSA) is 117 Å². The van der Waals surface area contributed by atoms with Crippen LogP contribution in [0.4, 0.5) is 5.69 Å². The fraction of sp³-hybridized carbons (Fsp3) is 0.0667. The van der Waals surface area contributed by atoms with E-state index in [1.165, 1.54) is 0 Å². The van der Waals surface area contributed by atoms with Crippen molar-refractivity contribution in [3.8, 4) is 11.5 Å². The Morgan fingerprint density at radius 2 is 2.12 bits per heavy atom. The molecule has 2 aromatic rings. The first kappa shape index (κ1) is 17.2. The van der Waals surface area contributed by atoms with Gasteiger partial charge in [0.1, 0.15) is 5.75 Å². The monoisotopic (exact) mass is 348 g/mol. The Balaban J connectivity index is 1.93. The minimum atomic E-state index is -0.648. The maximum atomic E-state index is 11.6. The van der Waals surface area contributed by atoms with Crippen LogP contribution >= 0.6 is 11.6 Å². The summed E-state index contributed by atoms with van der Waals surface area (Å²) in [4.78, 5) is 21.8. The molecule has 0 radical (unpaired) electrons. The number of hydrazone groups is 1. The summed E-state index contributed by atoms with van der Waals surface area (Å²) in [6, 6.07) is 9.71. The first-order valence-corrected chi connectivity index (χ1v) is 6.99. The highest BCUT2D eigenvalue weighted by atomic mass is 35.5. The van der Waals surface area contributed by atoms with Crippen molar-refractivity contribution in [1.82, 2.24) is 5.43 Å². The van der Waals surface area contributed by atoms with E-state index < -0.39 is 16.6 Å². The highest BCUT2D eigenvalue weighted by Crippen LogP contribution is 2.20. The van der Waals surface area contributed by atoms with E-state index in [9.17, 15) is 20.0 Å². The van der Waals surface area contributed by atoms with Gasteiger partial charge in [0, 0.05) is 11.1 Å². The van der Waals surface area contributed by atoms with E-state index in [1.807, 2.05) is 0 Å². The van der Waals surface area contributed by atoms with Crippen LogP contribution in [0.1, 0.15) is 5.56 Å². The molecule has 0 aromatic heterocycles. The minimum Gasteiger partial charge on any atom is -0.872 e. The number of carbonyl (C=O) groups excluding carboxylic acids is 1. The van der Waals surface area contributed by atoms with Crippen LogP contribution in [0.3, 0.4) is 0 Å². The fourth-order valence-corrected chi connectivity index (χ4v) is 1.89. The van der Waals surface area contributed by atoms with Gasteiger partial charge in [-0.3, -0.25) is 14.9 Å². The molecule has 9 heteroatoms. The summed E-state index contributed by atoms with van der Waals surface area (Å²) in [5.74, 6) is -0.568. The summed E-state index contributed by atoms with van der Waals surface area (Å²) in [7, 11) is 0. The van der Waals surface area contributed by atoms with Gasteiger partial charge in [-0.2, -0.15) is 5.10 Å². The van der Waals surface area contributed by atoms with E-state index in [4.69, 9.17) is 16.3 Å². The molecule has 124 valence electrons. The van der Waals surface area contributed by atoms with Gasteiger partial charge in [0.25, 0.3) is 11.6 Å². The number of rotatable bonds is 6. The lowest BCUT2D eigenvalue weighted by Crippen LogP contribution is -2.24. The van der Waals surface area contributed by atoms with Crippen molar-refractivity contribution in [3.05, 3.63) is 63.2 Å². The second-order valence-corrected chi connectivity index (χ2v) is 4.95. The molecule has 0 saturated carbocycles. The molecule has 24 heavy (non-hydrogen) atoms. The van der Waals surface area contributed by atoms with Crippen molar-refractivity contribution in [2.45, 2.75) is 0 Å². The van der Waals surface area contributed by atoms with Gasteiger partial charge < -0.3 is 9.84 Å². The normalized spacial score (nSPS) is 10.5. The number of amides is 1. The fourth-order valence-electron chi connectivity index (χ4n) is 1.71. The van der Waals surface area contributed by atoms with Gasteiger partial charge in [-0.05, 0) is 18.2 Å². The summed E-state index contributed by atoms with van der Waals surface area (Å²) in [5, 5.41) is 26.1. The maximum Gasteiger partial charge on any atom is 0.278 e. The quantitative estimate of drug-likeness (QED) is 0.485. The lowest BCUT2D eigenvalue weighted by Gasteiger charge is -2.06. The zero-order chi connectivity index (χ0) is 17.5. The van der Waals surface area contributed by atoms with Crippen LogP contribution < -0.4 is 15.3 Å². The molecular weight excluding hydrogens is 338 g/mol. The molecule has 0 bridgehead atoms. The van der Waals surface area contributed by atoms with Crippen LogP contribution in [0.2, 0.25) is 5.02 Å². The zero-order valence-corrected chi connectivity index (χ0v) is 12.9. The molecule has 0 heterocycles. The van der Waals surface area contributed by atoms with Crippen LogP contribution in [0.5, 0.6) is 11.5 Å². The molecule has 0 aliphatic heterocycles. The van der Waals surface area contributed by atoms with Crippen LogP contribution in [-0.2, 0) is 4.79 Å². The number of hydrogen-bond acceptors (Lipinski definition) is 6. The van der Waals surface area contributed by atoms with Gasteiger partial charge in [0.05, 0.1) is 16.7 Å². The third-order valence-electron chi connectivity index (χ3n) is 2.75. The van der Waals surface area contributed by atoms with Crippen molar-refractivity contribution < 1.29 is 19.6 Å². The lowest BCUT2D eigenvalue weighted by atomic mass is 10.2. The number of nitro benzene ring substituents is 1. The molecule has 1 amide bonds. The maximum absolute atomic E-state index is 11.6. The minimum absolute atomic E-state index is 0.0106. The Morgan fingerprint density at radius 3 is 2.83 bits per heavy atom. The van der Waals surface area contributed by atoms with E-state index in [0.717, 1.165) is 24.4 Å². The second kappa shape index (κ2) is 7.93. The molecule has 0 spiro atoms. The largest absolute Gasteiger partial charge is 0.872 e. The van der Waals surface area contributed by atoms with Crippen molar-refractivity contribution in [2.75, 3.05) is 6.61 Å². The summed E-state index contributed by atoms with van der Waals surface area (Å²) in [6.07, 6.45) is 1.02. The third-order valence-corrected chi connectivity index (χ3v) is 2.99. The molecule has 2 aromatic carbocycles. The van der Waals surface area contributed by atoms with Gasteiger partial charge in [-0.25, -0.2) is 5.43 Å². The first-order valence-electron chi connectivity index (χ1n) is 6.61. The number of nitrogens with one attached hydrogen (secondary N) is 1. The van der Waals surface area contributed by atoms with Gasteiger partial charge in [-0.15, -0.1) is 5.75 Å². The molecule has 1 N–H and O–H groups in total. The Kier molecular flexibility index (Phi) is 5.69. The van der Waals surface area contributed by atoms with Gasteiger partial charge >= 0.3 is 0 Å². The van der Waals surface area contributed by atoms with Crippen LogP contribution in [0.25, 0.3) is 0 Å². The highest BCUT2D eigenvalue weighted by Gasteiger charge is 2.10. The van der Waals surface area contributed by atoms with Crippen LogP contribution in [-0.4, -0.2) is 23.7 Å². The molecule has 0 aliphatic rings. The van der Waals surface area contributed by atoms with E-state index in [1.54, 1.807) is 24.3 Å². The average molecular weight is 349 g/mol. The summed E-state index contributed by atoms with van der Waals surface area (Å²) >= 11 is 5.78. The predicted octanol–water partition coefficient (Wildman–Crippen LogP) is 1.85. The van der Waals surface area contributed by atoms with Crippen molar-refractivity contribution in [2.24, 2.45) is 5.10 Å². The van der Waals surface area contributed by atoms with Crippen molar-refractivity contribution in [1.29, 1.82) is 0 Å². The predicted molar refractivity (Wildman–Crippen MR) is 85.2 cm³/mol. The molecule has 0 fully saturated rings. The number of halogens is 1. The Hall–Kier alpha value is -3.13. The molecule has 0 aliphatic carbocycles. The lowest BCUT2D eigenvalue weighted by molar-refractivity contribution is -0.385. The van der Waals surface area contributed by atoms with Crippen molar-refractivity contribution in [3.63, 3.8) is 0 Å². The smallest absolute Gasteiger partial charge is 0.278 e. The molecule has 0 atom stereocenters. The van der Waals surface area contributed by atoms with Crippen LogP contribution in [0, 0.1) is 10.1 Å². The molecule has 2 rings (SSSR count). The molecule has 0 unspecified atom stereocenters. The SMILES string of the molecule is O=C(COc1cccc(Cl)c1)N/N=C\c1cc([O-])ccc1[N+](=O)[O-]. The summed E-state index contributed by atoms with van der Waals surface area (Å²) < 4.78 is 5.20. The van der Waals surface area contributed by atoms with Crippen LogP contribution in [0.15, 0.2) is 47.6 Å². The van der Waals surface area contributed by atoms with E-state index in [0.29, 0.717) is 10.8 Å². The number of hydrogen-bond donors (Lipinski definition) is 1. The Labute approximate surface area is 141 Å². The summed E-state index contributed by atoms with van der Waals surface area (Å²) in [6.45, 7) is -0.318. The molecular formula is C15H11ClN3O5-. The molecule has 0 saturated heterocycles. The number of nitro groups is 1. The van der Waals surface area contributed by atoms with Crippen molar-refractivity contribution >= 4 is 29.4 Å². The Morgan fingerprint density at radius 1 is 1.33 bits per heavy atom. The van der Waals surface area contributed by atoms with E-state index in [-0.39, 0.29) is 17.9 Å². The molecule has 8 nitrogen and oxygen atoms in total. The number of benzene rings is 2. The highest BCUT2D eigenvalue weighted by molar-refractivity contribution is 6.30. The third kappa shape index (κ3) is 4.96. The average Bonchev–Trinajstić information content (AvgIpc) is 2.53. The van der Waals surface area contributed by atoms with E-state index in [2.05, 4.69) is 10.5 Å².